The number of hydrogen-bond acceptors (Lipinski definition) is 3. The van der Waals surface area contributed by atoms with Gasteiger partial charge in [0, 0.05) is 0 Å². The van der Waals surface area contributed by atoms with E-state index in [2.05, 4.69) is 0 Å². The van der Waals surface area contributed by atoms with Crippen LogP contribution < -0.4 is 10.1 Å². The Balaban J connectivity index is 2.07. The van der Waals surface area contributed by atoms with Gasteiger partial charge in [-0.3, -0.25) is 4.79 Å². The summed E-state index contributed by atoms with van der Waals surface area (Å²) in [6, 6.07) is 4.26. The van der Waals surface area contributed by atoms with Gasteiger partial charge in [-0.15, -0.1) is 0 Å². The maximum atomic E-state index is 12.1. The second-order valence-corrected chi connectivity index (χ2v) is 4.28. The summed E-state index contributed by atoms with van der Waals surface area (Å²) in [5.41, 5.74) is 1.32. The molecule has 1 heterocycles. The molecule has 4 nitrogen and oxygen atoms in total. The van der Waals surface area contributed by atoms with Gasteiger partial charge >= 0.3 is 12.1 Å². The van der Waals surface area contributed by atoms with Crippen molar-refractivity contribution in [3.63, 3.8) is 0 Å². The van der Waals surface area contributed by atoms with Crippen LogP contribution in [0.5, 0.6) is 5.75 Å². The van der Waals surface area contributed by atoms with Crippen molar-refractivity contribution in [3.8, 4) is 5.75 Å². The lowest BCUT2D eigenvalue weighted by atomic mass is 10.0. The zero-order valence-electron chi connectivity index (χ0n) is 9.83. The number of amides is 1. The number of nitrogens with one attached hydrogen (secondary N) is 1. The van der Waals surface area contributed by atoms with E-state index < -0.39 is 18.1 Å². The molecule has 7 heteroatoms. The summed E-state index contributed by atoms with van der Waals surface area (Å²) >= 11 is 0. The fourth-order valence-corrected chi connectivity index (χ4v) is 1.91. The largest absolute Gasteiger partial charge is 0.491 e. The van der Waals surface area contributed by atoms with Crippen LogP contribution in [0.3, 0.4) is 0 Å². The molecule has 1 amide bonds. The smallest absolute Gasteiger partial charge is 0.471 e. The van der Waals surface area contributed by atoms with Crippen LogP contribution >= 0.6 is 0 Å². The summed E-state index contributed by atoms with van der Waals surface area (Å²) in [6.07, 6.45) is -4.65. The van der Waals surface area contributed by atoms with E-state index in [1.54, 1.807) is 18.2 Å². The lowest BCUT2D eigenvalue weighted by Gasteiger charge is -2.26. The molecule has 0 saturated carbocycles. The Morgan fingerprint density at radius 3 is 2.84 bits per heavy atom. The number of benzene rings is 1. The zero-order valence-corrected chi connectivity index (χ0v) is 9.83. The Labute approximate surface area is 107 Å². The maximum Gasteiger partial charge on any atom is 0.471 e. The Morgan fingerprint density at radius 2 is 2.21 bits per heavy atom. The number of fused-ring (bicyclic) bond motifs is 1. The summed E-state index contributed by atoms with van der Waals surface area (Å²) < 4.78 is 41.7. The van der Waals surface area contributed by atoms with E-state index >= 15 is 0 Å². The number of ether oxygens (including phenoxy) is 1. The van der Waals surface area contributed by atoms with Crippen LogP contribution in [0.15, 0.2) is 18.2 Å². The van der Waals surface area contributed by atoms with E-state index in [1.165, 1.54) is 0 Å². The minimum atomic E-state index is -4.90. The third kappa shape index (κ3) is 3.17. The highest BCUT2D eigenvalue weighted by atomic mass is 19.4. The average Bonchev–Trinajstić information content (AvgIpc) is 2.36. The molecule has 2 rings (SSSR count). The molecular weight excluding hydrogens is 263 g/mol. The second-order valence-electron chi connectivity index (χ2n) is 4.28. The fourth-order valence-electron chi connectivity index (χ4n) is 1.91. The van der Waals surface area contributed by atoms with Crippen molar-refractivity contribution in [2.24, 2.45) is 0 Å². The van der Waals surface area contributed by atoms with Gasteiger partial charge in [0.05, 0.1) is 12.6 Å². The molecule has 0 fully saturated rings. The molecule has 0 aromatic heterocycles. The van der Waals surface area contributed by atoms with Crippen LogP contribution in [-0.2, 0) is 17.8 Å². The lowest BCUT2D eigenvalue weighted by molar-refractivity contribution is -0.174. The molecule has 104 valence electrons. The molecule has 0 saturated heterocycles. The minimum Gasteiger partial charge on any atom is -0.491 e. The Kier molecular flexibility index (Phi) is 3.66. The van der Waals surface area contributed by atoms with Crippen LogP contribution in [0, 0.1) is 0 Å². The quantitative estimate of drug-likeness (QED) is 0.851. The zero-order chi connectivity index (χ0) is 14.0. The molecule has 19 heavy (non-hydrogen) atoms. The number of carbonyl (C=O) groups is 1. The van der Waals surface area contributed by atoms with E-state index in [-0.39, 0.29) is 19.6 Å². The van der Waals surface area contributed by atoms with Crippen molar-refractivity contribution in [1.29, 1.82) is 0 Å². The highest BCUT2D eigenvalue weighted by molar-refractivity contribution is 5.82. The van der Waals surface area contributed by atoms with Crippen LogP contribution in [0.1, 0.15) is 11.1 Å². The first-order chi connectivity index (χ1) is 8.90. The fraction of sp³-hybridized carbons (Fsp3) is 0.417. The second kappa shape index (κ2) is 5.08. The highest BCUT2D eigenvalue weighted by Gasteiger charge is 2.40. The van der Waals surface area contributed by atoms with Gasteiger partial charge in [-0.2, -0.15) is 13.2 Å². The average molecular weight is 275 g/mol. The van der Waals surface area contributed by atoms with Crippen molar-refractivity contribution in [1.82, 2.24) is 5.32 Å². The van der Waals surface area contributed by atoms with Gasteiger partial charge in [0.25, 0.3) is 0 Å². The topological polar surface area (TPSA) is 58.6 Å². The van der Waals surface area contributed by atoms with Crippen molar-refractivity contribution in [2.75, 3.05) is 6.61 Å². The Morgan fingerprint density at radius 1 is 1.47 bits per heavy atom. The van der Waals surface area contributed by atoms with Crippen molar-refractivity contribution in [2.45, 2.75) is 25.2 Å². The molecule has 1 atom stereocenters. The summed E-state index contributed by atoms with van der Waals surface area (Å²) in [5.74, 6) is -1.41. The predicted molar refractivity (Wildman–Crippen MR) is 59.5 cm³/mol. The van der Waals surface area contributed by atoms with Gasteiger partial charge in [0.15, 0.2) is 0 Å². The van der Waals surface area contributed by atoms with Gasteiger partial charge in [-0.1, -0.05) is 6.07 Å². The summed E-state index contributed by atoms with van der Waals surface area (Å²) in [6.45, 7) is -0.167. The standard InChI is InChI=1S/C12H12F3NO3/c13-12(14,15)11(18)16-9-4-8-3-7(5-17)1-2-10(8)19-6-9/h1-3,9,17H,4-6H2,(H,16,18). The molecule has 1 aromatic carbocycles. The van der Waals surface area contributed by atoms with Crippen LogP contribution in [0.25, 0.3) is 0 Å². The monoisotopic (exact) mass is 275 g/mol. The van der Waals surface area contributed by atoms with E-state index in [4.69, 9.17) is 9.84 Å². The first-order valence-corrected chi connectivity index (χ1v) is 5.63. The molecule has 1 aliphatic rings. The van der Waals surface area contributed by atoms with Crippen molar-refractivity contribution >= 4 is 5.91 Å². The maximum absolute atomic E-state index is 12.1. The number of alkyl halides is 3. The van der Waals surface area contributed by atoms with Crippen LogP contribution in [0.2, 0.25) is 0 Å². The van der Waals surface area contributed by atoms with Gasteiger partial charge < -0.3 is 15.2 Å². The number of rotatable bonds is 2. The SMILES string of the molecule is O=C(NC1COc2ccc(CO)cc2C1)C(F)(F)F. The molecule has 0 spiro atoms. The van der Waals surface area contributed by atoms with Gasteiger partial charge in [-0.05, 0) is 29.7 Å². The Bertz CT molecular complexity index is 488. The van der Waals surface area contributed by atoms with E-state index in [9.17, 15) is 18.0 Å². The lowest BCUT2D eigenvalue weighted by Crippen LogP contribution is -2.48. The third-order valence-electron chi connectivity index (χ3n) is 2.81. The van der Waals surface area contributed by atoms with Gasteiger partial charge in [-0.25, -0.2) is 0 Å². The number of halogens is 3. The van der Waals surface area contributed by atoms with E-state index in [0.29, 0.717) is 16.9 Å². The van der Waals surface area contributed by atoms with Crippen molar-refractivity contribution in [3.05, 3.63) is 29.3 Å². The number of hydrogen-bond donors (Lipinski definition) is 2. The first kappa shape index (κ1) is 13.7. The molecule has 0 bridgehead atoms. The molecule has 0 aliphatic carbocycles. The highest BCUT2D eigenvalue weighted by Crippen LogP contribution is 2.26. The van der Waals surface area contributed by atoms with E-state index in [0.717, 1.165) is 0 Å². The van der Waals surface area contributed by atoms with E-state index in [1.807, 2.05) is 5.32 Å². The van der Waals surface area contributed by atoms with Gasteiger partial charge in [0.1, 0.15) is 12.4 Å². The summed E-state index contributed by atoms with van der Waals surface area (Å²) in [4.78, 5) is 10.8. The first-order valence-electron chi connectivity index (χ1n) is 5.63. The normalized spacial score (nSPS) is 18.4. The van der Waals surface area contributed by atoms with Crippen LogP contribution in [0.4, 0.5) is 13.2 Å². The third-order valence-corrected chi connectivity index (χ3v) is 2.81. The summed E-state index contributed by atoms with van der Waals surface area (Å²) in [7, 11) is 0. The number of aliphatic hydroxyl groups excluding tert-OH is 1. The van der Waals surface area contributed by atoms with Gasteiger partial charge in [0.2, 0.25) is 0 Å². The van der Waals surface area contributed by atoms with Crippen molar-refractivity contribution < 1.29 is 27.8 Å². The molecule has 2 N–H and O–H groups in total. The predicted octanol–water partition coefficient (Wildman–Crippen LogP) is 1.16. The molecule has 1 aromatic rings. The molecule has 1 unspecified atom stereocenters. The molecular formula is C12H12F3NO3. The number of aliphatic hydroxyl groups is 1. The number of carbonyl (C=O) groups excluding carboxylic acids is 1. The summed E-state index contributed by atoms with van der Waals surface area (Å²) in [5, 5.41) is 10.9. The molecule has 0 radical (unpaired) electrons. The minimum absolute atomic E-state index is 0.00666. The Hall–Kier alpha value is -1.76. The van der Waals surface area contributed by atoms with Crippen LogP contribution in [-0.4, -0.2) is 29.8 Å². The molecule has 1 aliphatic heterocycles.